The molecule has 0 unspecified atom stereocenters. The molecular weight excluding hydrogens is 597 g/mol. The van der Waals surface area contributed by atoms with Crippen molar-refractivity contribution < 1.29 is 0 Å². The minimum Gasteiger partial charge on any atom is -0.294 e. The number of aromatic nitrogens is 6. The largest absolute Gasteiger partial charge is 0.294 e. The highest BCUT2D eigenvalue weighted by molar-refractivity contribution is 7.99. The molecule has 5 aromatic heterocycles. The first-order valence-electron chi connectivity index (χ1n) is 15.7. The maximum absolute atomic E-state index is 4.85. The summed E-state index contributed by atoms with van der Waals surface area (Å²) < 4.78 is 4.48. The van der Waals surface area contributed by atoms with Crippen LogP contribution in [0, 0.1) is 27.7 Å². The van der Waals surface area contributed by atoms with Gasteiger partial charge in [0.05, 0.1) is 16.6 Å². The average molecular weight is 627 g/mol. The molecule has 0 fully saturated rings. The van der Waals surface area contributed by atoms with E-state index in [0.29, 0.717) is 0 Å². The molecule has 0 aliphatic rings. The molecule has 4 aromatic carbocycles. The Kier molecular flexibility index (Phi) is 6.20. The van der Waals surface area contributed by atoms with Gasteiger partial charge in [-0.1, -0.05) is 59.8 Å². The second-order valence-corrected chi connectivity index (χ2v) is 13.5. The van der Waals surface area contributed by atoms with Gasteiger partial charge >= 0.3 is 0 Å². The second kappa shape index (κ2) is 10.5. The molecule has 0 aliphatic carbocycles. The average Bonchev–Trinajstić information content (AvgIpc) is 3.65. The Morgan fingerprint density at radius 1 is 0.596 bits per heavy atom. The van der Waals surface area contributed by atoms with Crippen LogP contribution in [0.25, 0.3) is 66.3 Å². The zero-order valence-corrected chi connectivity index (χ0v) is 27.3. The third-order valence-corrected chi connectivity index (χ3v) is 10.2. The third kappa shape index (κ3) is 4.27. The summed E-state index contributed by atoms with van der Waals surface area (Å²) in [5.74, 6) is 1.77. The number of fused-ring (bicyclic) bond motifs is 9. The van der Waals surface area contributed by atoms with E-state index in [1.54, 1.807) is 11.8 Å². The fourth-order valence-corrected chi connectivity index (χ4v) is 8.23. The highest BCUT2D eigenvalue weighted by Gasteiger charge is 2.20. The Bertz CT molecular complexity index is 2680. The third-order valence-electron chi connectivity index (χ3n) is 9.21. The van der Waals surface area contributed by atoms with Gasteiger partial charge in [-0.3, -0.25) is 14.0 Å². The Hall–Kier alpha value is -5.53. The van der Waals surface area contributed by atoms with Crippen LogP contribution in [0.4, 0.5) is 0 Å². The lowest BCUT2D eigenvalue weighted by Crippen LogP contribution is -1.99. The molecule has 7 heteroatoms. The van der Waals surface area contributed by atoms with Gasteiger partial charge in [0.25, 0.3) is 0 Å². The van der Waals surface area contributed by atoms with Crippen LogP contribution in [0.15, 0.2) is 119 Å². The maximum atomic E-state index is 4.85. The van der Waals surface area contributed by atoms with Gasteiger partial charge in [0.2, 0.25) is 0 Å². The molecule has 0 bridgehead atoms. The number of hydrogen-bond acceptors (Lipinski definition) is 5. The van der Waals surface area contributed by atoms with Crippen LogP contribution in [0.5, 0.6) is 0 Å². The monoisotopic (exact) mass is 626 g/mol. The Morgan fingerprint density at radius 3 is 2.21 bits per heavy atom. The Labute approximate surface area is 275 Å². The number of hydrogen-bond donors (Lipinski definition) is 0. The lowest BCUT2D eigenvalue weighted by atomic mass is 9.98. The van der Waals surface area contributed by atoms with E-state index in [4.69, 9.17) is 10.2 Å². The summed E-state index contributed by atoms with van der Waals surface area (Å²) in [5.41, 5.74) is 10.2. The molecule has 0 spiro atoms. The van der Waals surface area contributed by atoms with E-state index in [2.05, 4.69) is 119 Å². The van der Waals surface area contributed by atoms with Gasteiger partial charge in [-0.2, -0.15) is 0 Å². The maximum Gasteiger partial charge on any atom is 0.169 e. The highest BCUT2D eigenvalue weighted by atomic mass is 32.2. The fraction of sp³-hybridized carbons (Fsp3) is 0.100. The van der Waals surface area contributed by atoms with E-state index in [1.165, 1.54) is 33.0 Å². The molecule has 0 saturated carbocycles. The molecular formula is C40H30N6S. The van der Waals surface area contributed by atoms with Crippen LogP contribution < -0.4 is 0 Å². The molecule has 0 atom stereocenters. The number of rotatable bonds is 4. The number of nitrogens with zero attached hydrogens (tertiary/aromatic N) is 6. The Morgan fingerprint density at radius 2 is 1.40 bits per heavy atom. The van der Waals surface area contributed by atoms with E-state index >= 15 is 0 Å². The number of benzene rings is 4. The molecule has 47 heavy (non-hydrogen) atoms. The van der Waals surface area contributed by atoms with Crippen molar-refractivity contribution in [2.75, 3.05) is 0 Å². The minimum absolute atomic E-state index is 0.869. The predicted octanol–water partition coefficient (Wildman–Crippen LogP) is 9.97. The van der Waals surface area contributed by atoms with Crippen molar-refractivity contribution in [2.24, 2.45) is 0 Å². The summed E-state index contributed by atoms with van der Waals surface area (Å²) in [5, 5.41) is 15.5. The summed E-state index contributed by atoms with van der Waals surface area (Å²) in [7, 11) is 0. The molecule has 0 N–H and O–H groups in total. The molecule has 226 valence electrons. The zero-order chi connectivity index (χ0) is 31.8. The van der Waals surface area contributed by atoms with Gasteiger partial charge in [0, 0.05) is 55.5 Å². The number of pyridine rings is 3. The summed E-state index contributed by atoms with van der Waals surface area (Å²) >= 11 is 1.75. The summed E-state index contributed by atoms with van der Waals surface area (Å²) in [6.45, 7) is 8.67. The molecule has 0 radical (unpaired) electrons. The summed E-state index contributed by atoms with van der Waals surface area (Å²) in [4.78, 5) is 11.4. The van der Waals surface area contributed by atoms with Crippen molar-refractivity contribution in [1.29, 1.82) is 0 Å². The smallest absolute Gasteiger partial charge is 0.169 e. The molecule has 9 aromatic rings. The van der Waals surface area contributed by atoms with Gasteiger partial charge in [0.15, 0.2) is 11.5 Å². The topological polar surface area (TPSA) is 60.9 Å². The first kappa shape index (κ1) is 27.8. The number of aryl methyl sites for hydroxylation is 4. The van der Waals surface area contributed by atoms with Gasteiger partial charge in [-0.05, 0) is 98.3 Å². The van der Waals surface area contributed by atoms with Crippen LogP contribution >= 0.6 is 11.8 Å². The van der Waals surface area contributed by atoms with Crippen molar-refractivity contribution in [1.82, 2.24) is 29.1 Å². The second-order valence-electron chi connectivity index (χ2n) is 12.3. The predicted molar refractivity (Wildman–Crippen MR) is 193 cm³/mol. The lowest BCUT2D eigenvalue weighted by Gasteiger charge is -2.15. The van der Waals surface area contributed by atoms with E-state index in [-0.39, 0.29) is 0 Å². The zero-order valence-electron chi connectivity index (χ0n) is 26.5. The normalized spacial score (nSPS) is 11.9. The summed E-state index contributed by atoms with van der Waals surface area (Å²) in [6, 6.07) is 32.5. The van der Waals surface area contributed by atoms with Crippen LogP contribution in [0.1, 0.15) is 22.3 Å². The van der Waals surface area contributed by atoms with E-state index in [9.17, 15) is 0 Å². The minimum atomic E-state index is 0.869. The molecule has 0 saturated heterocycles. The fourth-order valence-electron chi connectivity index (χ4n) is 7.34. The van der Waals surface area contributed by atoms with Gasteiger partial charge in [-0.15, -0.1) is 10.2 Å². The van der Waals surface area contributed by atoms with E-state index < -0.39 is 0 Å². The van der Waals surface area contributed by atoms with Gasteiger partial charge in [-0.25, -0.2) is 4.98 Å². The van der Waals surface area contributed by atoms with E-state index in [0.717, 1.165) is 65.4 Å². The lowest BCUT2D eigenvalue weighted by molar-refractivity contribution is 1.08. The van der Waals surface area contributed by atoms with Crippen molar-refractivity contribution in [2.45, 2.75) is 37.5 Å². The highest BCUT2D eigenvalue weighted by Crippen LogP contribution is 2.40. The standard InChI is InChI=1S/C40H30N6S/c1-23-18-25(3)37(26(4)19-23)40-44-43-39-31-20-27(12-14-30(31)38-24(2)8-7-9-34(38)46(39)40)47-28-11-13-29-32-22-41-17-15-33(32)45(35(29)21-28)36-10-5-6-16-42-36/h5-22H,1-4H3. The van der Waals surface area contributed by atoms with Crippen molar-refractivity contribution in [3.8, 4) is 17.2 Å². The van der Waals surface area contributed by atoms with Crippen molar-refractivity contribution in [3.63, 3.8) is 0 Å². The molecule has 0 amide bonds. The molecule has 0 aliphatic heterocycles. The summed E-state index contributed by atoms with van der Waals surface area (Å²) in [6.07, 6.45) is 5.62. The molecule has 9 rings (SSSR count). The van der Waals surface area contributed by atoms with Crippen molar-refractivity contribution in [3.05, 3.63) is 132 Å². The SMILES string of the molecule is Cc1cc(C)c(-c2nnc3c4cc(Sc5ccc6c7cnccc7n(-c7ccccn7)c6c5)ccc4c4c(C)cccc4n23)c(C)c1. The molecule has 6 nitrogen and oxygen atoms in total. The van der Waals surface area contributed by atoms with Crippen LogP contribution in [-0.4, -0.2) is 29.1 Å². The van der Waals surface area contributed by atoms with Crippen LogP contribution in [0.3, 0.4) is 0 Å². The molecule has 5 heterocycles. The quantitative estimate of drug-likeness (QED) is 0.182. The Balaban J connectivity index is 1.24. The first-order valence-corrected chi connectivity index (χ1v) is 16.5. The van der Waals surface area contributed by atoms with Gasteiger partial charge in [0.1, 0.15) is 5.82 Å². The van der Waals surface area contributed by atoms with E-state index in [1.807, 2.05) is 36.8 Å². The van der Waals surface area contributed by atoms with Gasteiger partial charge < -0.3 is 0 Å². The van der Waals surface area contributed by atoms with Crippen molar-refractivity contribution >= 4 is 60.9 Å². The van der Waals surface area contributed by atoms with Crippen LogP contribution in [-0.2, 0) is 0 Å². The van der Waals surface area contributed by atoms with Crippen LogP contribution in [0.2, 0.25) is 0 Å². The first-order chi connectivity index (χ1) is 23.0.